The summed E-state index contributed by atoms with van der Waals surface area (Å²) in [5.74, 6) is 0.134. The first kappa shape index (κ1) is 9.68. The second-order valence-corrected chi connectivity index (χ2v) is 4.58. The van der Waals surface area contributed by atoms with Gasteiger partial charge in [-0.05, 0) is 24.3 Å². The topological polar surface area (TPSA) is 46.3 Å². The van der Waals surface area contributed by atoms with Gasteiger partial charge in [0.25, 0.3) is 5.91 Å². The average Bonchev–Trinajstić information content (AvgIpc) is 2.69. The molecule has 0 unspecified atom stereocenters. The minimum atomic E-state index is 0.134. The first-order valence-corrected chi connectivity index (χ1v) is 5.73. The summed E-state index contributed by atoms with van der Waals surface area (Å²) < 4.78 is 0. The van der Waals surface area contributed by atoms with Crippen molar-refractivity contribution >= 4 is 17.2 Å². The Hall–Kier alpha value is -0.870. The van der Waals surface area contributed by atoms with Gasteiger partial charge in [0, 0.05) is 19.1 Å². The zero-order valence-electron chi connectivity index (χ0n) is 7.98. The molecule has 1 aromatic heterocycles. The van der Waals surface area contributed by atoms with Crippen LogP contribution in [0.2, 0.25) is 0 Å². The Morgan fingerprint density at radius 2 is 2.50 bits per heavy atom. The number of carbonyl (C=O) groups is 1. The van der Waals surface area contributed by atoms with Crippen LogP contribution in [0, 0.1) is 0 Å². The van der Waals surface area contributed by atoms with E-state index in [1.54, 1.807) is 0 Å². The molecule has 0 radical (unpaired) electrons. The number of nitrogens with zero attached hydrogens (tertiary/aromatic N) is 1. The summed E-state index contributed by atoms with van der Waals surface area (Å²) in [4.78, 5) is 14.6. The van der Waals surface area contributed by atoms with Crippen molar-refractivity contribution < 1.29 is 4.79 Å². The summed E-state index contributed by atoms with van der Waals surface area (Å²) in [7, 11) is 0. The Labute approximate surface area is 87.5 Å². The maximum Gasteiger partial charge on any atom is 0.263 e. The molecule has 3 nitrogen and oxygen atoms in total. The third-order valence-electron chi connectivity index (χ3n) is 2.48. The number of amides is 1. The van der Waals surface area contributed by atoms with E-state index in [1.807, 2.05) is 22.4 Å². The quantitative estimate of drug-likeness (QED) is 0.759. The molecule has 1 aliphatic rings. The van der Waals surface area contributed by atoms with Crippen molar-refractivity contribution in [3.8, 4) is 0 Å². The lowest BCUT2D eigenvalue weighted by Gasteiger charge is -2.30. The summed E-state index contributed by atoms with van der Waals surface area (Å²) in [5.41, 5.74) is 5.83. The highest BCUT2D eigenvalue weighted by atomic mass is 32.1. The third kappa shape index (κ3) is 1.96. The molecule has 1 amide bonds. The van der Waals surface area contributed by atoms with Gasteiger partial charge >= 0.3 is 0 Å². The van der Waals surface area contributed by atoms with E-state index >= 15 is 0 Å². The maximum absolute atomic E-state index is 11.9. The van der Waals surface area contributed by atoms with Gasteiger partial charge < -0.3 is 10.6 Å². The highest BCUT2D eigenvalue weighted by Gasteiger charge is 2.22. The molecule has 76 valence electrons. The number of hydrogen-bond donors (Lipinski definition) is 1. The molecule has 0 bridgehead atoms. The van der Waals surface area contributed by atoms with Gasteiger partial charge in [0.1, 0.15) is 0 Å². The first-order valence-electron chi connectivity index (χ1n) is 4.86. The van der Waals surface area contributed by atoms with Crippen molar-refractivity contribution in [1.82, 2.24) is 4.90 Å². The molecule has 0 aromatic carbocycles. The lowest BCUT2D eigenvalue weighted by Crippen LogP contribution is -2.45. The Bertz CT molecular complexity index is 310. The van der Waals surface area contributed by atoms with Crippen LogP contribution in [0.15, 0.2) is 17.5 Å². The van der Waals surface area contributed by atoms with E-state index in [4.69, 9.17) is 5.73 Å². The second-order valence-electron chi connectivity index (χ2n) is 3.63. The number of likely N-dealkylation sites (tertiary alicyclic amines) is 1. The molecule has 1 aliphatic heterocycles. The molecule has 2 N–H and O–H groups in total. The largest absolute Gasteiger partial charge is 0.336 e. The van der Waals surface area contributed by atoms with Crippen LogP contribution >= 0.6 is 11.3 Å². The van der Waals surface area contributed by atoms with Crippen LogP contribution in [-0.2, 0) is 0 Å². The lowest BCUT2D eigenvalue weighted by molar-refractivity contribution is 0.0714. The summed E-state index contributed by atoms with van der Waals surface area (Å²) in [6, 6.07) is 3.93. The van der Waals surface area contributed by atoms with E-state index in [2.05, 4.69) is 0 Å². The van der Waals surface area contributed by atoms with E-state index < -0.39 is 0 Å². The van der Waals surface area contributed by atoms with Gasteiger partial charge in [-0.15, -0.1) is 11.3 Å². The number of carbonyl (C=O) groups excluding carboxylic acids is 1. The van der Waals surface area contributed by atoms with Crippen LogP contribution in [0.1, 0.15) is 22.5 Å². The third-order valence-corrected chi connectivity index (χ3v) is 3.33. The molecular formula is C10H14N2OS. The Kier molecular flexibility index (Phi) is 2.84. The van der Waals surface area contributed by atoms with Gasteiger partial charge in [-0.2, -0.15) is 0 Å². The van der Waals surface area contributed by atoms with Crippen molar-refractivity contribution in [2.45, 2.75) is 18.9 Å². The van der Waals surface area contributed by atoms with Gasteiger partial charge in [-0.3, -0.25) is 4.79 Å². The molecule has 0 aliphatic carbocycles. The molecule has 1 atom stereocenters. The number of hydrogen-bond acceptors (Lipinski definition) is 3. The monoisotopic (exact) mass is 210 g/mol. The van der Waals surface area contributed by atoms with E-state index in [1.165, 1.54) is 11.3 Å². The van der Waals surface area contributed by atoms with Crippen molar-refractivity contribution in [1.29, 1.82) is 0 Å². The Morgan fingerprint density at radius 3 is 3.14 bits per heavy atom. The molecule has 1 aromatic rings. The molecule has 1 saturated heterocycles. The Balaban J connectivity index is 2.04. The fourth-order valence-electron chi connectivity index (χ4n) is 1.75. The van der Waals surface area contributed by atoms with E-state index in [0.717, 1.165) is 24.3 Å². The van der Waals surface area contributed by atoms with Crippen LogP contribution in [0.5, 0.6) is 0 Å². The predicted octanol–water partition coefficient (Wildman–Crippen LogP) is 1.31. The fourth-order valence-corrected chi connectivity index (χ4v) is 2.44. The highest BCUT2D eigenvalue weighted by Crippen LogP contribution is 2.15. The Morgan fingerprint density at radius 1 is 1.64 bits per heavy atom. The summed E-state index contributed by atoms with van der Waals surface area (Å²) in [6.45, 7) is 1.56. The van der Waals surface area contributed by atoms with E-state index in [-0.39, 0.29) is 11.9 Å². The van der Waals surface area contributed by atoms with Crippen LogP contribution in [0.3, 0.4) is 0 Å². The zero-order chi connectivity index (χ0) is 9.97. The van der Waals surface area contributed by atoms with Gasteiger partial charge in [0.2, 0.25) is 0 Å². The predicted molar refractivity (Wildman–Crippen MR) is 57.4 cm³/mol. The van der Waals surface area contributed by atoms with Crippen LogP contribution < -0.4 is 5.73 Å². The maximum atomic E-state index is 11.9. The summed E-state index contributed by atoms with van der Waals surface area (Å²) in [6.07, 6.45) is 2.06. The smallest absolute Gasteiger partial charge is 0.263 e. The molecule has 2 heterocycles. The molecule has 0 spiro atoms. The van der Waals surface area contributed by atoms with Crippen molar-refractivity contribution in [2.75, 3.05) is 13.1 Å². The first-order chi connectivity index (χ1) is 6.77. The molecule has 1 fully saturated rings. The van der Waals surface area contributed by atoms with Crippen molar-refractivity contribution in [3.05, 3.63) is 22.4 Å². The average molecular weight is 210 g/mol. The number of thiophene rings is 1. The minimum absolute atomic E-state index is 0.134. The fraction of sp³-hybridized carbons (Fsp3) is 0.500. The molecule has 0 saturated carbocycles. The molecule has 14 heavy (non-hydrogen) atoms. The van der Waals surface area contributed by atoms with Crippen LogP contribution in [0.25, 0.3) is 0 Å². The molecular weight excluding hydrogens is 196 g/mol. The summed E-state index contributed by atoms with van der Waals surface area (Å²) >= 11 is 1.49. The number of piperidine rings is 1. The summed E-state index contributed by atoms with van der Waals surface area (Å²) in [5, 5.41) is 1.93. The van der Waals surface area contributed by atoms with Crippen LogP contribution in [0.4, 0.5) is 0 Å². The van der Waals surface area contributed by atoms with E-state index in [0.29, 0.717) is 6.54 Å². The molecule has 4 heteroatoms. The number of nitrogens with two attached hydrogens (primary N) is 1. The molecule has 2 rings (SSSR count). The standard InChI is InChI=1S/C10H14N2OS/c11-8-3-1-5-12(7-8)10(13)9-4-2-6-14-9/h2,4,6,8H,1,3,5,7,11H2/t8-/m1/s1. The number of rotatable bonds is 1. The van der Waals surface area contributed by atoms with Crippen molar-refractivity contribution in [2.24, 2.45) is 5.73 Å². The van der Waals surface area contributed by atoms with E-state index in [9.17, 15) is 4.79 Å². The van der Waals surface area contributed by atoms with Gasteiger partial charge in [-0.25, -0.2) is 0 Å². The zero-order valence-corrected chi connectivity index (χ0v) is 8.80. The normalized spacial score (nSPS) is 22.4. The lowest BCUT2D eigenvalue weighted by atomic mass is 10.1. The van der Waals surface area contributed by atoms with Crippen LogP contribution in [-0.4, -0.2) is 29.9 Å². The SMILES string of the molecule is N[C@@H]1CCCN(C(=O)c2cccs2)C1. The van der Waals surface area contributed by atoms with Gasteiger partial charge in [0.15, 0.2) is 0 Å². The highest BCUT2D eigenvalue weighted by molar-refractivity contribution is 7.12. The van der Waals surface area contributed by atoms with Gasteiger partial charge in [-0.1, -0.05) is 6.07 Å². The minimum Gasteiger partial charge on any atom is -0.336 e. The van der Waals surface area contributed by atoms with Crippen molar-refractivity contribution in [3.63, 3.8) is 0 Å². The van der Waals surface area contributed by atoms with Gasteiger partial charge in [0.05, 0.1) is 4.88 Å². The second kappa shape index (κ2) is 4.11.